The van der Waals surface area contributed by atoms with Crippen LogP contribution in [0.3, 0.4) is 0 Å². The van der Waals surface area contributed by atoms with Gasteiger partial charge in [0.05, 0.1) is 11.6 Å². The van der Waals surface area contributed by atoms with E-state index in [0.29, 0.717) is 19.6 Å². The van der Waals surface area contributed by atoms with Crippen molar-refractivity contribution in [3.05, 3.63) is 0 Å². The van der Waals surface area contributed by atoms with Gasteiger partial charge in [0.1, 0.15) is 0 Å². The Balaban J connectivity index is 2.09. The first kappa shape index (κ1) is 17.7. The van der Waals surface area contributed by atoms with Crippen molar-refractivity contribution in [2.75, 3.05) is 19.6 Å². The molecule has 5 heteroatoms. The maximum atomic E-state index is 12.6. The molecule has 1 aliphatic heterocycles. The smallest absolute Gasteiger partial charge is 0.318 e. The molecule has 1 spiro atoms. The minimum absolute atomic E-state index is 0.102. The lowest BCUT2D eigenvalue weighted by atomic mass is 9.78. The van der Waals surface area contributed by atoms with Crippen molar-refractivity contribution < 1.29 is 9.59 Å². The summed E-state index contributed by atoms with van der Waals surface area (Å²) in [5.41, 5.74) is -0.177. The predicted molar refractivity (Wildman–Crippen MR) is 90.8 cm³/mol. The van der Waals surface area contributed by atoms with Crippen LogP contribution in [-0.2, 0) is 4.79 Å². The highest BCUT2D eigenvalue weighted by Gasteiger charge is 2.44. The van der Waals surface area contributed by atoms with Crippen molar-refractivity contribution in [2.45, 2.75) is 64.5 Å². The van der Waals surface area contributed by atoms with E-state index in [0.717, 1.165) is 25.7 Å². The van der Waals surface area contributed by atoms with E-state index in [1.165, 1.54) is 6.42 Å². The molecule has 1 saturated carbocycles. The molecule has 2 aliphatic rings. The number of urea groups is 1. The Labute approximate surface area is 139 Å². The Kier molecular flexibility index (Phi) is 5.56. The van der Waals surface area contributed by atoms with Gasteiger partial charge in [0.15, 0.2) is 0 Å². The van der Waals surface area contributed by atoms with Crippen LogP contribution >= 0.6 is 0 Å². The number of hydrogen-bond acceptors (Lipinski definition) is 2. The normalized spacial score (nSPS) is 21.9. The molecule has 128 valence electrons. The highest BCUT2D eigenvalue weighted by Crippen LogP contribution is 2.36. The van der Waals surface area contributed by atoms with Crippen LogP contribution in [0.5, 0.6) is 0 Å². The third kappa shape index (κ3) is 3.80. The minimum atomic E-state index is -0.254. The number of rotatable bonds is 2. The van der Waals surface area contributed by atoms with Gasteiger partial charge in [-0.05, 0) is 18.8 Å². The van der Waals surface area contributed by atoms with E-state index in [1.54, 1.807) is 6.92 Å². The molecule has 0 bridgehead atoms. The first-order chi connectivity index (χ1) is 10.9. The number of nitrogens with zero attached hydrogens (tertiary/aromatic N) is 2. The molecular formula is C18H29N3O2. The molecule has 1 N–H and O–H groups in total. The lowest BCUT2D eigenvalue weighted by Gasteiger charge is -2.52. The van der Waals surface area contributed by atoms with E-state index in [4.69, 9.17) is 6.42 Å². The average Bonchev–Trinajstić information content (AvgIpc) is 2.52. The fraction of sp³-hybridized carbons (Fsp3) is 0.778. The maximum absolute atomic E-state index is 12.6. The van der Waals surface area contributed by atoms with E-state index in [9.17, 15) is 9.59 Å². The third-order valence-corrected chi connectivity index (χ3v) is 5.23. The monoisotopic (exact) mass is 319 g/mol. The SMILES string of the molecule is C#CC(NC(=O)N1CCN(C(C)=O)C2(CCCCC2)C1)C(C)C. The van der Waals surface area contributed by atoms with Crippen molar-refractivity contribution in [2.24, 2.45) is 5.92 Å². The zero-order valence-electron chi connectivity index (χ0n) is 14.6. The van der Waals surface area contributed by atoms with E-state index < -0.39 is 0 Å². The second kappa shape index (κ2) is 7.25. The fourth-order valence-electron chi connectivity index (χ4n) is 3.91. The van der Waals surface area contributed by atoms with Crippen LogP contribution in [0.4, 0.5) is 4.79 Å². The molecule has 1 atom stereocenters. The second-order valence-corrected chi connectivity index (χ2v) is 7.22. The van der Waals surface area contributed by atoms with Gasteiger partial charge in [0, 0.05) is 26.6 Å². The van der Waals surface area contributed by atoms with Crippen molar-refractivity contribution in [1.29, 1.82) is 0 Å². The summed E-state index contributed by atoms with van der Waals surface area (Å²) in [4.78, 5) is 28.5. The molecule has 1 aliphatic carbocycles. The molecule has 0 radical (unpaired) electrons. The van der Waals surface area contributed by atoms with Crippen molar-refractivity contribution >= 4 is 11.9 Å². The summed E-state index contributed by atoms with van der Waals surface area (Å²) >= 11 is 0. The van der Waals surface area contributed by atoms with Crippen molar-refractivity contribution in [1.82, 2.24) is 15.1 Å². The molecule has 2 fully saturated rings. The Hall–Kier alpha value is -1.70. The van der Waals surface area contributed by atoms with E-state index >= 15 is 0 Å². The molecule has 5 nitrogen and oxygen atoms in total. The van der Waals surface area contributed by atoms with Gasteiger partial charge in [-0.2, -0.15) is 0 Å². The van der Waals surface area contributed by atoms with Crippen LogP contribution < -0.4 is 5.32 Å². The zero-order chi connectivity index (χ0) is 17.0. The molecule has 0 aromatic rings. The van der Waals surface area contributed by atoms with Crippen molar-refractivity contribution in [3.8, 4) is 12.3 Å². The fourth-order valence-corrected chi connectivity index (χ4v) is 3.91. The Morgan fingerprint density at radius 3 is 2.35 bits per heavy atom. The summed E-state index contributed by atoms with van der Waals surface area (Å²) in [5, 5.41) is 2.95. The van der Waals surface area contributed by atoms with Crippen LogP contribution in [0.25, 0.3) is 0 Å². The van der Waals surface area contributed by atoms with Gasteiger partial charge in [-0.1, -0.05) is 39.0 Å². The van der Waals surface area contributed by atoms with Gasteiger partial charge in [-0.3, -0.25) is 4.79 Å². The number of nitrogens with one attached hydrogen (secondary N) is 1. The highest BCUT2D eigenvalue weighted by molar-refractivity contribution is 5.77. The van der Waals surface area contributed by atoms with E-state index in [1.807, 2.05) is 23.6 Å². The molecule has 23 heavy (non-hydrogen) atoms. The topological polar surface area (TPSA) is 52.7 Å². The molecule has 0 aromatic heterocycles. The molecule has 1 unspecified atom stereocenters. The Morgan fingerprint density at radius 1 is 1.17 bits per heavy atom. The number of amides is 3. The van der Waals surface area contributed by atoms with Gasteiger partial charge >= 0.3 is 6.03 Å². The summed E-state index contributed by atoms with van der Waals surface area (Å²) in [6.45, 7) is 7.45. The number of carbonyl (C=O) groups is 2. The molecule has 1 saturated heterocycles. The van der Waals surface area contributed by atoms with Crippen LogP contribution in [0.15, 0.2) is 0 Å². The molecule has 1 heterocycles. The van der Waals surface area contributed by atoms with Gasteiger partial charge in [-0.25, -0.2) is 4.79 Å². The summed E-state index contributed by atoms with van der Waals surface area (Å²) in [5.74, 6) is 2.97. The predicted octanol–water partition coefficient (Wildman–Crippen LogP) is 2.22. The third-order valence-electron chi connectivity index (χ3n) is 5.23. The van der Waals surface area contributed by atoms with Gasteiger partial charge in [0.25, 0.3) is 0 Å². The van der Waals surface area contributed by atoms with Gasteiger partial charge in [-0.15, -0.1) is 6.42 Å². The molecule has 0 aromatic carbocycles. The molecule has 3 amide bonds. The standard InChI is InChI=1S/C18H29N3O2/c1-5-16(14(2)3)19-17(23)20-11-12-21(15(4)22)18(13-20)9-7-6-8-10-18/h1,14,16H,6-13H2,2-4H3,(H,19,23). The molecular weight excluding hydrogens is 290 g/mol. The lowest BCUT2D eigenvalue weighted by Crippen LogP contribution is -2.66. The largest absolute Gasteiger partial charge is 0.334 e. The minimum Gasteiger partial charge on any atom is -0.334 e. The van der Waals surface area contributed by atoms with Crippen LogP contribution in [0.1, 0.15) is 52.9 Å². The molecule has 2 rings (SSSR count). The first-order valence-electron chi connectivity index (χ1n) is 8.69. The zero-order valence-corrected chi connectivity index (χ0v) is 14.6. The Bertz CT molecular complexity index is 489. The summed E-state index contributed by atoms with van der Waals surface area (Å²) in [6.07, 6.45) is 10.9. The van der Waals surface area contributed by atoms with Gasteiger partial charge in [0.2, 0.25) is 5.91 Å². The number of piperazine rings is 1. The quantitative estimate of drug-likeness (QED) is 0.794. The summed E-state index contributed by atoms with van der Waals surface area (Å²) < 4.78 is 0. The Morgan fingerprint density at radius 2 is 1.83 bits per heavy atom. The summed E-state index contributed by atoms with van der Waals surface area (Å²) in [7, 11) is 0. The van der Waals surface area contributed by atoms with Crippen LogP contribution in [-0.4, -0.2) is 53.0 Å². The lowest BCUT2D eigenvalue weighted by molar-refractivity contribution is -0.141. The second-order valence-electron chi connectivity index (χ2n) is 7.22. The number of carbonyl (C=O) groups excluding carboxylic acids is 2. The average molecular weight is 319 g/mol. The van der Waals surface area contributed by atoms with Crippen molar-refractivity contribution in [3.63, 3.8) is 0 Å². The van der Waals surface area contributed by atoms with Crippen LogP contribution in [0.2, 0.25) is 0 Å². The van der Waals surface area contributed by atoms with E-state index in [-0.39, 0.29) is 29.4 Å². The van der Waals surface area contributed by atoms with E-state index in [2.05, 4.69) is 11.2 Å². The number of hydrogen-bond donors (Lipinski definition) is 1. The highest BCUT2D eigenvalue weighted by atomic mass is 16.2. The first-order valence-corrected chi connectivity index (χ1v) is 8.69. The summed E-state index contributed by atoms with van der Waals surface area (Å²) in [6, 6.07) is -0.356. The maximum Gasteiger partial charge on any atom is 0.318 e. The van der Waals surface area contributed by atoms with Crippen LogP contribution in [0, 0.1) is 18.3 Å². The number of terminal acetylenes is 1. The van der Waals surface area contributed by atoms with Gasteiger partial charge < -0.3 is 15.1 Å².